The third-order valence-electron chi connectivity index (χ3n) is 2.45. The minimum Gasteiger partial charge on any atom is -0.361 e. The van der Waals surface area contributed by atoms with E-state index in [2.05, 4.69) is 4.18 Å². The number of benzene rings is 1. The second-order valence-electron chi connectivity index (χ2n) is 3.92. The first kappa shape index (κ1) is 16.6. The monoisotopic (exact) mass is 302 g/mol. The van der Waals surface area contributed by atoms with Crippen LogP contribution in [0.5, 0.6) is 0 Å². The van der Waals surface area contributed by atoms with Crippen LogP contribution in [0.3, 0.4) is 0 Å². The van der Waals surface area contributed by atoms with Crippen LogP contribution in [0.2, 0.25) is 0 Å². The molecule has 0 atom stereocenters. The Hall–Kier alpha value is -1.41. The number of rotatable bonds is 7. The van der Waals surface area contributed by atoms with Gasteiger partial charge in [-0.3, -0.25) is 0 Å². The van der Waals surface area contributed by atoms with E-state index in [4.69, 9.17) is 13.7 Å². The molecule has 0 heterocycles. The summed E-state index contributed by atoms with van der Waals surface area (Å²) in [4.78, 5) is 0. The van der Waals surface area contributed by atoms with E-state index in [1.54, 1.807) is 0 Å². The summed E-state index contributed by atoms with van der Waals surface area (Å²) in [7, 11) is -0.383. The van der Waals surface area contributed by atoms with E-state index in [-0.39, 0.29) is 5.76 Å². The van der Waals surface area contributed by atoms with E-state index in [9.17, 15) is 8.42 Å². The molecule has 0 aromatic heterocycles. The minimum absolute atomic E-state index is 0.0271. The highest BCUT2D eigenvalue weighted by atomic mass is 32.3. The molecule has 0 fully saturated rings. The molecule has 20 heavy (non-hydrogen) atoms. The summed E-state index contributed by atoms with van der Waals surface area (Å²) < 4.78 is 41.9. The molecule has 0 aliphatic carbocycles. The number of hydrogen-bond acceptors (Lipinski definition) is 6. The lowest BCUT2D eigenvalue weighted by atomic mass is 10.1. The molecule has 7 heteroatoms. The van der Waals surface area contributed by atoms with Gasteiger partial charge >= 0.3 is 10.4 Å². The molecule has 0 bridgehead atoms. The Labute approximate surface area is 119 Å². The maximum Gasteiger partial charge on any atom is 0.448 e. The Morgan fingerprint density at radius 2 is 1.65 bits per heavy atom. The number of methoxy groups -OCH3 is 2. The Balaban J connectivity index is 3.12. The van der Waals surface area contributed by atoms with E-state index in [0.717, 1.165) is 18.2 Å². The molecule has 1 rings (SSSR count). The fourth-order valence-corrected chi connectivity index (χ4v) is 1.87. The smallest absolute Gasteiger partial charge is 0.361 e. The van der Waals surface area contributed by atoms with Gasteiger partial charge in [-0.2, -0.15) is 8.42 Å². The predicted octanol–water partition coefficient (Wildman–Crippen LogP) is 1.86. The van der Waals surface area contributed by atoms with Gasteiger partial charge in [0.1, 0.15) is 0 Å². The van der Waals surface area contributed by atoms with Gasteiger partial charge in [-0.05, 0) is 18.6 Å². The van der Waals surface area contributed by atoms with Crippen LogP contribution in [-0.4, -0.2) is 36.0 Å². The van der Waals surface area contributed by atoms with Crippen molar-refractivity contribution >= 4 is 16.5 Å². The molecule has 0 spiro atoms. The first-order chi connectivity index (χ1) is 9.41. The Morgan fingerprint density at radius 1 is 1.10 bits per heavy atom. The summed E-state index contributed by atoms with van der Waals surface area (Å²) in [6.07, 6.45) is 0.550. The van der Waals surface area contributed by atoms with Gasteiger partial charge in [0.25, 0.3) is 0 Å². The third-order valence-corrected chi connectivity index (χ3v) is 3.25. The molecular formula is C13H18O6S. The summed E-state index contributed by atoms with van der Waals surface area (Å²) in [5.41, 5.74) is 1.83. The Kier molecular flexibility index (Phi) is 6.15. The standard InChI is InChI=1S/C13H18O6S/c1-10-5-7-11(8-6-10)9-12(13(16-2)17-3)19-20(14,15)18-4/h5-9,13H,1-4H3/b12-9+. The van der Waals surface area contributed by atoms with Crippen molar-refractivity contribution in [1.29, 1.82) is 0 Å². The van der Waals surface area contributed by atoms with Gasteiger partial charge in [-0.25, -0.2) is 4.18 Å². The summed E-state index contributed by atoms with van der Waals surface area (Å²) in [5, 5.41) is 0. The van der Waals surface area contributed by atoms with Crippen molar-refractivity contribution in [3.05, 3.63) is 41.2 Å². The quantitative estimate of drug-likeness (QED) is 0.565. The maximum absolute atomic E-state index is 11.4. The van der Waals surface area contributed by atoms with E-state index >= 15 is 0 Å². The van der Waals surface area contributed by atoms with Crippen molar-refractivity contribution in [3.63, 3.8) is 0 Å². The first-order valence-electron chi connectivity index (χ1n) is 5.75. The van der Waals surface area contributed by atoms with Crippen LogP contribution in [0.4, 0.5) is 0 Å². The van der Waals surface area contributed by atoms with Crippen molar-refractivity contribution in [2.45, 2.75) is 13.2 Å². The molecule has 0 aliphatic rings. The van der Waals surface area contributed by atoms with E-state index < -0.39 is 16.7 Å². The van der Waals surface area contributed by atoms with E-state index in [1.807, 2.05) is 31.2 Å². The third kappa shape index (κ3) is 4.93. The van der Waals surface area contributed by atoms with Crippen LogP contribution in [0.25, 0.3) is 6.08 Å². The highest BCUT2D eigenvalue weighted by Gasteiger charge is 2.21. The molecule has 0 aliphatic heterocycles. The molecule has 1 aromatic carbocycles. The zero-order valence-corrected chi connectivity index (χ0v) is 12.6. The van der Waals surface area contributed by atoms with Crippen LogP contribution < -0.4 is 0 Å². The fourth-order valence-electron chi connectivity index (χ4n) is 1.44. The zero-order chi connectivity index (χ0) is 15.2. The Morgan fingerprint density at radius 3 is 2.10 bits per heavy atom. The van der Waals surface area contributed by atoms with Crippen LogP contribution in [-0.2, 0) is 28.2 Å². The Bertz CT molecular complexity index is 543. The predicted molar refractivity (Wildman–Crippen MR) is 74.0 cm³/mol. The lowest BCUT2D eigenvalue weighted by Gasteiger charge is -2.17. The number of aryl methyl sites for hydroxylation is 1. The molecule has 0 saturated heterocycles. The highest BCUT2D eigenvalue weighted by molar-refractivity contribution is 7.82. The fraction of sp³-hybridized carbons (Fsp3) is 0.385. The molecule has 0 N–H and O–H groups in total. The van der Waals surface area contributed by atoms with Gasteiger partial charge in [0.2, 0.25) is 6.29 Å². The molecule has 0 radical (unpaired) electrons. The number of ether oxygens (including phenoxy) is 2. The van der Waals surface area contributed by atoms with Crippen LogP contribution in [0, 0.1) is 6.92 Å². The van der Waals surface area contributed by atoms with E-state index in [0.29, 0.717) is 0 Å². The van der Waals surface area contributed by atoms with Gasteiger partial charge < -0.3 is 13.7 Å². The largest absolute Gasteiger partial charge is 0.448 e. The van der Waals surface area contributed by atoms with Gasteiger partial charge in [0.15, 0.2) is 5.76 Å². The van der Waals surface area contributed by atoms with Gasteiger partial charge in [-0.1, -0.05) is 29.8 Å². The molecule has 0 saturated carbocycles. The molecule has 0 unspecified atom stereocenters. The molecule has 6 nitrogen and oxygen atoms in total. The minimum atomic E-state index is -4.14. The van der Waals surface area contributed by atoms with Crippen molar-refractivity contribution in [3.8, 4) is 0 Å². The van der Waals surface area contributed by atoms with Gasteiger partial charge in [0, 0.05) is 14.2 Å². The second kappa shape index (κ2) is 7.39. The van der Waals surface area contributed by atoms with Crippen LogP contribution in [0.15, 0.2) is 30.0 Å². The van der Waals surface area contributed by atoms with Gasteiger partial charge in [-0.15, -0.1) is 0 Å². The summed E-state index contributed by atoms with van der Waals surface area (Å²) in [6.45, 7) is 1.95. The average Bonchev–Trinajstić information content (AvgIpc) is 2.42. The van der Waals surface area contributed by atoms with Gasteiger partial charge in [0.05, 0.1) is 7.11 Å². The van der Waals surface area contributed by atoms with Crippen molar-refractivity contribution < 1.29 is 26.3 Å². The summed E-state index contributed by atoms with van der Waals surface area (Å²) in [5.74, 6) is -0.0271. The summed E-state index contributed by atoms with van der Waals surface area (Å²) in [6, 6.07) is 7.42. The molecule has 1 aromatic rings. The highest BCUT2D eigenvalue weighted by Crippen LogP contribution is 2.18. The van der Waals surface area contributed by atoms with E-state index in [1.165, 1.54) is 20.3 Å². The van der Waals surface area contributed by atoms with Crippen molar-refractivity contribution in [1.82, 2.24) is 0 Å². The zero-order valence-electron chi connectivity index (χ0n) is 11.8. The summed E-state index contributed by atoms with van der Waals surface area (Å²) >= 11 is 0. The second-order valence-corrected chi connectivity index (χ2v) is 5.24. The molecule has 0 amide bonds. The normalized spacial score (nSPS) is 12.8. The topological polar surface area (TPSA) is 71.1 Å². The van der Waals surface area contributed by atoms with Crippen LogP contribution in [0.1, 0.15) is 11.1 Å². The average molecular weight is 302 g/mol. The molecular weight excluding hydrogens is 284 g/mol. The SMILES string of the molecule is COC(OC)/C(=C\c1ccc(C)cc1)OS(=O)(=O)OC. The lowest BCUT2D eigenvalue weighted by molar-refractivity contribution is -0.0924. The molecule has 112 valence electrons. The first-order valence-corrected chi connectivity index (χ1v) is 7.09. The van der Waals surface area contributed by atoms with Crippen LogP contribution >= 0.6 is 0 Å². The maximum atomic E-state index is 11.4. The lowest BCUT2D eigenvalue weighted by Crippen LogP contribution is -2.21. The van der Waals surface area contributed by atoms with Crippen molar-refractivity contribution in [2.75, 3.05) is 21.3 Å². The number of hydrogen-bond donors (Lipinski definition) is 0. The van der Waals surface area contributed by atoms with Crippen molar-refractivity contribution in [2.24, 2.45) is 0 Å².